The molecule has 1 heterocycles. The van der Waals surface area contributed by atoms with E-state index in [9.17, 15) is 0 Å². The van der Waals surface area contributed by atoms with Crippen LogP contribution in [0.5, 0.6) is 0 Å². The Labute approximate surface area is 112 Å². The van der Waals surface area contributed by atoms with Gasteiger partial charge in [0.2, 0.25) is 0 Å². The predicted octanol–water partition coefficient (Wildman–Crippen LogP) is 2.41. The molecule has 0 amide bonds. The largest absolute Gasteiger partial charge is 0.377 e. The average molecular weight is 254 g/mol. The lowest BCUT2D eigenvalue weighted by Crippen LogP contribution is -2.50. The van der Waals surface area contributed by atoms with E-state index in [1.54, 1.807) is 0 Å². The molecule has 1 aliphatic carbocycles. The van der Waals surface area contributed by atoms with Crippen molar-refractivity contribution in [3.8, 4) is 0 Å². The summed E-state index contributed by atoms with van der Waals surface area (Å²) in [6.45, 7) is 5.57. The first kappa shape index (κ1) is 14.3. The molecule has 1 saturated carbocycles. The Morgan fingerprint density at radius 2 is 1.94 bits per heavy atom. The van der Waals surface area contributed by atoms with Crippen molar-refractivity contribution in [3.63, 3.8) is 0 Å². The van der Waals surface area contributed by atoms with Crippen LogP contribution in [0.4, 0.5) is 0 Å². The second-order valence-electron chi connectivity index (χ2n) is 5.82. The van der Waals surface area contributed by atoms with E-state index in [0.29, 0.717) is 18.2 Å². The minimum atomic E-state index is 0.491. The summed E-state index contributed by atoms with van der Waals surface area (Å²) in [5, 5.41) is 3.55. The van der Waals surface area contributed by atoms with E-state index in [2.05, 4.69) is 24.2 Å². The summed E-state index contributed by atoms with van der Waals surface area (Å²) < 4.78 is 5.81. The molecule has 2 fully saturated rings. The summed E-state index contributed by atoms with van der Waals surface area (Å²) in [6, 6.07) is 1.39. The molecule has 3 nitrogen and oxygen atoms in total. The quantitative estimate of drug-likeness (QED) is 0.763. The van der Waals surface area contributed by atoms with E-state index in [1.165, 1.54) is 44.9 Å². The molecule has 0 aromatic carbocycles. The third-order valence-corrected chi connectivity index (χ3v) is 4.69. The molecular weight excluding hydrogens is 224 g/mol. The molecule has 0 bridgehead atoms. The van der Waals surface area contributed by atoms with E-state index in [-0.39, 0.29) is 0 Å². The van der Waals surface area contributed by atoms with Crippen LogP contribution < -0.4 is 5.32 Å². The fourth-order valence-electron chi connectivity index (χ4n) is 3.61. The van der Waals surface area contributed by atoms with Gasteiger partial charge in [0.1, 0.15) is 0 Å². The van der Waals surface area contributed by atoms with E-state index in [0.717, 1.165) is 19.7 Å². The molecule has 3 unspecified atom stereocenters. The van der Waals surface area contributed by atoms with Gasteiger partial charge in [-0.1, -0.05) is 26.2 Å². The molecule has 0 aromatic heterocycles. The number of nitrogens with zero attached hydrogens (tertiary/aromatic N) is 1. The average Bonchev–Trinajstić information content (AvgIpc) is 2.79. The highest BCUT2D eigenvalue weighted by molar-refractivity contribution is 4.87. The lowest BCUT2D eigenvalue weighted by Gasteiger charge is -2.36. The van der Waals surface area contributed by atoms with Crippen LogP contribution in [0.2, 0.25) is 0 Å². The first-order valence-electron chi connectivity index (χ1n) is 7.88. The second kappa shape index (κ2) is 7.46. The number of ether oxygens (including phenoxy) is 1. The standard InChI is InChI=1S/C15H30N2O/c1-3-17(12-13-8-7-11-18-13)15-10-6-4-5-9-14(15)16-2/h13-16H,3-12H2,1-2H3. The lowest BCUT2D eigenvalue weighted by molar-refractivity contribution is 0.0496. The Morgan fingerprint density at radius 3 is 2.61 bits per heavy atom. The maximum Gasteiger partial charge on any atom is 0.0702 e. The van der Waals surface area contributed by atoms with Crippen LogP contribution in [-0.4, -0.2) is 49.8 Å². The van der Waals surface area contributed by atoms with Crippen molar-refractivity contribution >= 4 is 0 Å². The highest BCUT2D eigenvalue weighted by Crippen LogP contribution is 2.24. The lowest BCUT2D eigenvalue weighted by atomic mass is 10.0. The van der Waals surface area contributed by atoms with Gasteiger partial charge in [-0.25, -0.2) is 0 Å². The van der Waals surface area contributed by atoms with Crippen LogP contribution in [0.15, 0.2) is 0 Å². The van der Waals surface area contributed by atoms with Gasteiger partial charge in [-0.2, -0.15) is 0 Å². The normalized spacial score (nSPS) is 33.8. The molecule has 2 aliphatic rings. The fourth-order valence-corrected chi connectivity index (χ4v) is 3.61. The third kappa shape index (κ3) is 3.69. The maximum absolute atomic E-state index is 5.81. The zero-order chi connectivity index (χ0) is 12.8. The zero-order valence-electron chi connectivity index (χ0n) is 12.2. The molecule has 3 heteroatoms. The molecule has 106 valence electrons. The van der Waals surface area contributed by atoms with Crippen LogP contribution in [0.1, 0.15) is 51.9 Å². The van der Waals surface area contributed by atoms with Gasteiger partial charge in [0, 0.05) is 25.2 Å². The van der Waals surface area contributed by atoms with Crippen molar-refractivity contribution in [1.82, 2.24) is 10.2 Å². The molecule has 18 heavy (non-hydrogen) atoms. The number of nitrogens with one attached hydrogen (secondary N) is 1. The van der Waals surface area contributed by atoms with Gasteiger partial charge in [0.15, 0.2) is 0 Å². The highest BCUT2D eigenvalue weighted by atomic mass is 16.5. The Kier molecular flexibility index (Phi) is 5.93. The van der Waals surface area contributed by atoms with Crippen LogP contribution in [-0.2, 0) is 4.74 Å². The van der Waals surface area contributed by atoms with Crippen molar-refractivity contribution in [2.45, 2.75) is 70.1 Å². The van der Waals surface area contributed by atoms with Gasteiger partial charge in [0.05, 0.1) is 6.10 Å². The van der Waals surface area contributed by atoms with Crippen molar-refractivity contribution in [1.29, 1.82) is 0 Å². The minimum Gasteiger partial charge on any atom is -0.377 e. The number of hydrogen-bond donors (Lipinski definition) is 1. The van der Waals surface area contributed by atoms with Crippen molar-refractivity contribution < 1.29 is 4.74 Å². The minimum absolute atomic E-state index is 0.491. The summed E-state index contributed by atoms with van der Waals surface area (Å²) in [4.78, 5) is 2.67. The summed E-state index contributed by atoms with van der Waals surface area (Å²) in [5.74, 6) is 0. The van der Waals surface area contributed by atoms with E-state index < -0.39 is 0 Å². The molecule has 2 rings (SSSR count). The van der Waals surface area contributed by atoms with E-state index in [4.69, 9.17) is 4.74 Å². The van der Waals surface area contributed by atoms with Crippen molar-refractivity contribution in [2.24, 2.45) is 0 Å². The SMILES string of the molecule is CCN(CC1CCCO1)C1CCCCCC1NC. The molecule has 0 aromatic rings. The van der Waals surface area contributed by atoms with Crippen molar-refractivity contribution in [2.75, 3.05) is 26.7 Å². The second-order valence-corrected chi connectivity index (χ2v) is 5.82. The number of hydrogen-bond acceptors (Lipinski definition) is 3. The van der Waals surface area contributed by atoms with Crippen LogP contribution >= 0.6 is 0 Å². The Morgan fingerprint density at radius 1 is 1.11 bits per heavy atom. The van der Waals surface area contributed by atoms with Gasteiger partial charge >= 0.3 is 0 Å². The summed E-state index contributed by atoms with van der Waals surface area (Å²) in [5.41, 5.74) is 0. The topological polar surface area (TPSA) is 24.5 Å². The monoisotopic (exact) mass is 254 g/mol. The third-order valence-electron chi connectivity index (χ3n) is 4.69. The zero-order valence-corrected chi connectivity index (χ0v) is 12.2. The summed E-state index contributed by atoms with van der Waals surface area (Å²) >= 11 is 0. The Balaban J connectivity index is 1.94. The Bertz CT molecular complexity index is 229. The summed E-state index contributed by atoms with van der Waals surface area (Å²) in [6.07, 6.45) is 9.88. The fraction of sp³-hybridized carbons (Fsp3) is 1.00. The smallest absolute Gasteiger partial charge is 0.0702 e. The van der Waals surface area contributed by atoms with Crippen LogP contribution in [0, 0.1) is 0 Å². The summed E-state index contributed by atoms with van der Waals surface area (Å²) in [7, 11) is 2.13. The van der Waals surface area contributed by atoms with Gasteiger partial charge in [-0.3, -0.25) is 4.90 Å². The molecule has 3 atom stereocenters. The predicted molar refractivity (Wildman–Crippen MR) is 75.9 cm³/mol. The molecule has 1 N–H and O–H groups in total. The first-order chi connectivity index (χ1) is 8.85. The maximum atomic E-state index is 5.81. The van der Waals surface area contributed by atoms with Crippen LogP contribution in [0.25, 0.3) is 0 Å². The van der Waals surface area contributed by atoms with Gasteiger partial charge < -0.3 is 10.1 Å². The molecular formula is C15H30N2O. The number of rotatable bonds is 5. The Hall–Kier alpha value is -0.120. The molecule has 0 radical (unpaired) electrons. The van der Waals surface area contributed by atoms with E-state index >= 15 is 0 Å². The van der Waals surface area contributed by atoms with E-state index in [1.807, 2.05) is 0 Å². The van der Waals surface area contributed by atoms with Gasteiger partial charge in [-0.05, 0) is 39.3 Å². The van der Waals surface area contributed by atoms with Crippen LogP contribution in [0.3, 0.4) is 0 Å². The molecule has 1 saturated heterocycles. The number of likely N-dealkylation sites (N-methyl/N-ethyl adjacent to an activating group) is 2. The van der Waals surface area contributed by atoms with Gasteiger partial charge in [0.25, 0.3) is 0 Å². The molecule has 0 spiro atoms. The molecule has 1 aliphatic heterocycles. The first-order valence-corrected chi connectivity index (χ1v) is 7.88. The van der Waals surface area contributed by atoms with Gasteiger partial charge in [-0.15, -0.1) is 0 Å². The van der Waals surface area contributed by atoms with Crippen molar-refractivity contribution in [3.05, 3.63) is 0 Å². The highest BCUT2D eigenvalue weighted by Gasteiger charge is 2.29.